The Kier molecular flexibility index (Phi) is 8.54. The molecule has 3 amide bonds. The first-order valence-electron chi connectivity index (χ1n) is 7.43. The lowest BCUT2D eigenvalue weighted by Gasteiger charge is -2.16. The monoisotopic (exact) mass is 327 g/mol. The molecule has 1 rings (SSSR count). The van der Waals surface area contributed by atoms with Crippen LogP contribution < -0.4 is 16.4 Å². The SMILES string of the molecule is CC(C)COCCCNC(=O)CC(NC(N)=O)c1cccs1. The van der Waals surface area contributed by atoms with Crippen molar-refractivity contribution in [3.63, 3.8) is 0 Å². The van der Waals surface area contributed by atoms with Gasteiger partial charge in [0.1, 0.15) is 0 Å². The topological polar surface area (TPSA) is 93.4 Å². The quantitative estimate of drug-likeness (QED) is 0.574. The molecule has 1 aromatic heterocycles. The van der Waals surface area contributed by atoms with Crippen LogP contribution in [-0.2, 0) is 9.53 Å². The molecule has 0 saturated carbocycles. The maximum atomic E-state index is 11.9. The Morgan fingerprint density at radius 3 is 2.77 bits per heavy atom. The second-order valence-corrected chi connectivity index (χ2v) is 6.43. The average molecular weight is 327 g/mol. The van der Waals surface area contributed by atoms with Crippen molar-refractivity contribution in [2.45, 2.75) is 32.7 Å². The molecule has 1 atom stereocenters. The zero-order chi connectivity index (χ0) is 16.4. The van der Waals surface area contributed by atoms with Crippen molar-refractivity contribution in [3.05, 3.63) is 22.4 Å². The van der Waals surface area contributed by atoms with E-state index in [1.807, 2.05) is 17.5 Å². The molecule has 0 saturated heterocycles. The third-order valence-electron chi connectivity index (χ3n) is 2.83. The van der Waals surface area contributed by atoms with Crippen LogP contribution in [0.5, 0.6) is 0 Å². The summed E-state index contributed by atoms with van der Waals surface area (Å²) >= 11 is 1.48. The first-order chi connectivity index (χ1) is 10.5. The van der Waals surface area contributed by atoms with Crippen LogP contribution in [0.3, 0.4) is 0 Å². The van der Waals surface area contributed by atoms with E-state index < -0.39 is 6.03 Å². The number of rotatable bonds is 10. The van der Waals surface area contributed by atoms with E-state index in [2.05, 4.69) is 24.5 Å². The van der Waals surface area contributed by atoms with Crippen molar-refractivity contribution in [2.75, 3.05) is 19.8 Å². The molecule has 124 valence electrons. The molecule has 1 heterocycles. The molecular formula is C15H25N3O3S. The van der Waals surface area contributed by atoms with Crippen molar-refractivity contribution in [1.29, 1.82) is 0 Å². The summed E-state index contributed by atoms with van der Waals surface area (Å²) in [4.78, 5) is 23.9. The maximum Gasteiger partial charge on any atom is 0.312 e. The number of primary amides is 1. The van der Waals surface area contributed by atoms with E-state index in [1.54, 1.807) is 0 Å². The number of nitrogens with two attached hydrogens (primary N) is 1. The lowest BCUT2D eigenvalue weighted by Crippen LogP contribution is -2.36. The van der Waals surface area contributed by atoms with Crippen LogP contribution in [0.1, 0.15) is 37.6 Å². The van der Waals surface area contributed by atoms with Gasteiger partial charge in [0.25, 0.3) is 0 Å². The van der Waals surface area contributed by atoms with Crippen LogP contribution in [0.2, 0.25) is 0 Å². The fourth-order valence-electron chi connectivity index (χ4n) is 1.86. The van der Waals surface area contributed by atoms with Crippen LogP contribution in [-0.4, -0.2) is 31.7 Å². The van der Waals surface area contributed by atoms with E-state index >= 15 is 0 Å². The molecule has 0 aliphatic carbocycles. The summed E-state index contributed by atoms with van der Waals surface area (Å²) in [7, 11) is 0. The van der Waals surface area contributed by atoms with E-state index in [0.29, 0.717) is 19.1 Å². The normalized spacial score (nSPS) is 12.1. The zero-order valence-corrected chi connectivity index (χ0v) is 13.9. The summed E-state index contributed by atoms with van der Waals surface area (Å²) in [5, 5.41) is 7.33. The molecule has 1 unspecified atom stereocenters. The maximum absolute atomic E-state index is 11.9. The Labute approximate surface area is 135 Å². The van der Waals surface area contributed by atoms with Gasteiger partial charge in [0.05, 0.1) is 12.5 Å². The minimum atomic E-state index is -0.631. The number of ether oxygens (including phenoxy) is 1. The minimum Gasteiger partial charge on any atom is -0.381 e. The van der Waals surface area contributed by atoms with Gasteiger partial charge in [-0.2, -0.15) is 0 Å². The van der Waals surface area contributed by atoms with Crippen LogP contribution in [0.25, 0.3) is 0 Å². The molecule has 6 nitrogen and oxygen atoms in total. The summed E-state index contributed by atoms with van der Waals surface area (Å²) < 4.78 is 5.45. The Morgan fingerprint density at radius 2 is 2.18 bits per heavy atom. The molecule has 0 aliphatic heterocycles. The largest absolute Gasteiger partial charge is 0.381 e. The number of amides is 3. The number of urea groups is 1. The van der Waals surface area contributed by atoms with Crippen molar-refractivity contribution in [3.8, 4) is 0 Å². The molecule has 4 N–H and O–H groups in total. The number of carbonyl (C=O) groups is 2. The predicted octanol–water partition coefficient (Wildman–Crippen LogP) is 2.03. The van der Waals surface area contributed by atoms with Crippen LogP contribution in [0.4, 0.5) is 4.79 Å². The number of hydrogen-bond donors (Lipinski definition) is 3. The Hall–Kier alpha value is -1.60. The first kappa shape index (κ1) is 18.4. The molecule has 0 aliphatic rings. The van der Waals surface area contributed by atoms with Gasteiger partial charge < -0.3 is 21.1 Å². The molecule has 22 heavy (non-hydrogen) atoms. The Bertz CT molecular complexity index is 449. The molecule has 0 bridgehead atoms. The zero-order valence-electron chi connectivity index (χ0n) is 13.1. The van der Waals surface area contributed by atoms with Crippen molar-refractivity contribution in [2.24, 2.45) is 11.7 Å². The highest BCUT2D eigenvalue weighted by atomic mass is 32.1. The van der Waals surface area contributed by atoms with Crippen molar-refractivity contribution < 1.29 is 14.3 Å². The van der Waals surface area contributed by atoms with Crippen LogP contribution in [0.15, 0.2) is 17.5 Å². The number of carbonyl (C=O) groups excluding carboxylic acids is 2. The smallest absolute Gasteiger partial charge is 0.312 e. The molecule has 7 heteroatoms. The number of hydrogen-bond acceptors (Lipinski definition) is 4. The van der Waals surface area contributed by atoms with Gasteiger partial charge in [0.2, 0.25) is 5.91 Å². The molecular weight excluding hydrogens is 302 g/mol. The summed E-state index contributed by atoms with van der Waals surface area (Å²) in [5.41, 5.74) is 5.16. The van der Waals surface area contributed by atoms with Crippen LogP contribution >= 0.6 is 11.3 Å². The van der Waals surface area contributed by atoms with E-state index in [4.69, 9.17) is 10.5 Å². The van der Waals surface area contributed by atoms with Crippen molar-refractivity contribution in [1.82, 2.24) is 10.6 Å². The number of nitrogens with one attached hydrogen (secondary N) is 2. The van der Waals surface area contributed by atoms with Gasteiger partial charge in [-0.1, -0.05) is 19.9 Å². The third-order valence-corrected chi connectivity index (χ3v) is 3.82. The molecule has 0 spiro atoms. The van der Waals surface area contributed by atoms with Crippen LogP contribution in [0, 0.1) is 5.92 Å². The lowest BCUT2D eigenvalue weighted by atomic mass is 10.1. The minimum absolute atomic E-state index is 0.115. The molecule has 1 aromatic rings. The summed E-state index contributed by atoms with van der Waals surface area (Å²) in [6, 6.07) is 2.74. The van der Waals surface area contributed by atoms with Gasteiger partial charge in [-0.15, -0.1) is 11.3 Å². The predicted molar refractivity (Wildman–Crippen MR) is 87.7 cm³/mol. The third kappa shape index (κ3) is 7.99. The highest BCUT2D eigenvalue weighted by Crippen LogP contribution is 2.21. The van der Waals surface area contributed by atoms with Gasteiger partial charge in [-0.05, 0) is 23.8 Å². The van der Waals surface area contributed by atoms with Gasteiger partial charge in [0.15, 0.2) is 0 Å². The van der Waals surface area contributed by atoms with E-state index in [1.165, 1.54) is 11.3 Å². The van der Waals surface area contributed by atoms with E-state index in [0.717, 1.165) is 17.9 Å². The fourth-order valence-corrected chi connectivity index (χ4v) is 2.64. The summed E-state index contributed by atoms with van der Waals surface area (Å²) in [6.07, 6.45) is 0.946. The highest BCUT2D eigenvalue weighted by Gasteiger charge is 2.17. The first-order valence-corrected chi connectivity index (χ1v) is 8.30. The highest BCUT2D eigenvalue weighted by molar-refractivity contribution is 7.10. The summed E-state index contributed by atoms with van der Waals surface area (Å²) in [6.45, 7) is 6.12. The van der Waals surface area contributed by atoms with Gasteiger partial charge in [-0.25, -0.2) is 4.79 Å². The summed E-state index contributed by atoms with van der Waals surface area (Å²) in [5.74, 6) is 0.400. The molecule has 0 radical (unpaired) electrons. The standard InChI is InChI=1S/C15H25N3O3S/c1-11(2)10-21-7-4-6-17-14(19)9-12(18-15(16)20)13-5-3-8-22-13/h3,5,8,11-12H,4,6-7,9-10H2,1-2H3,(H,17,19)(H3,16,18,20). The lowest BCUT2D eigenvalue weighted by molar-refractivity contribution is -0.121. The second-order valence-electron chi connectivity index (χ2n) is 5.45. The van der Waals surface area contributed by atoms with E-state index in [9.17, 15) is 9.59 Å². The number of thiophene rings is 1. The molecule has 0 aromatic carbocycles. The fraction of sp³-hybridized carbons (Fsp3) is 0.600. The van der Waals surface area contributed by atoms with Gasteiger partial charge in [-0.3, -0.25) is 4.79 Å². The van der Waals surface area contributed by atoms with Gasteiger partial charge in [0, 0.05) is 24.6 Å². The Morgan fingerprint density at radius 1 is 1.41 bits per heavy atom. The van der Waals surface area contributed by atoms with Crippen molar-refractivity contribution >= 4 is 23.3 Å². The Balaban J connectivity index is 2.27. The van der Waals surface area contributed by atoms with E-state index in [-0.39, 0.29) is 18.4 Å². The average Bonchev–Trinajstić information content (AvgIpc) is 2.95. The van der Waals surface area contributed by atoms with Gasteiger partial charge >= 0.3 is 6.03 Å². The second kappa shape index (κ2) is 10.2. The molecule has 0 fully saturated rings.